The van der Waals surface area contributed by atoms with Crippen LogP contribution in [0.2, 0.25) is 0 Å². The first-order valence-corrected chi connectivity index (χ1v) is 11.3. The lowest BCUT2D eigenvalue weighted by Gasteiger charge is -2.57. The second-order valence-corrected chi connectivity index (χ2v) is 10.2. The predicted octanol–water partition coefficient (Wildman–Crippen LogP) is 7.20. The Labute approximate surface area is 182 Å². The van der Waals surface area contributed by atoms with Gasteiger partial charge in [-0.1, -0.05) is 13.8 Å². The summed E-state index contributed by atoms with van der Waals surface area (Å²) in [5.41, 5.74) is 5.12. The average molecular weight is 422 g/mol. The molecule has 162 valence electrons. The summed E-state index contributed by atoms with van der Waals surface area (Å²) in [5.74, 6) is 0.711. The minimum atomic E-state index is -0.264. The highest BCUT2D eigenvalue weighted by molar-refractivity contribution is 5.88. The van der Waals surface area contributed by atoms with Crippen molar-refractivity contribution < 1.29 is 13.6 Å². The highest BCUT2D eigenvalue weighted by Gasteiger charge is 2.55. The maximum Gasteiger partial charge on any atom is 0.132 e. The summed E-state index contributed by atoms with van der Waals surface area (Å²) in [6.45, 7) is 7.81. The Hall–Kier alpha value is -2.49. The van der Waals surface area contributed by atoms with Crippen LogP contribution in [0, 0.1) is 29.9 Å². The standard InChI is InChI=1S/C27H29F2NO/c1-15(2)26-25(19-13-27(14-19)11-18(12-27)17(4)31)22-7-5-20(28)10-24(22)30(26)21-6-8-23(29)16(3)9-21/h5-10,15,18-19H,11-14H2,1-4H3. The number of carbonyl (C=O) groups excluding carboxylic acids is 1. The van der Waals surface area contributed by atoms with Crippen molar-refractivity contribution in [2.24, 2.45) is 11.3 Å². The summed E-state index contributed by atoms with van der Waals surface area (Å²) in [7, 11) is 0. The molecule has 1 heterocycles. The molecule has 2 aromatic carbocycles. The lowest BCUT2D eigenvalue weighted by atomic mass is 9.46. The molecule has 0 unspecified atom stereocenters. The third-order valence-electron chi connectivity index (χ3n) is 7.66. The number of halogens is 2. The zero-order valence-electron chi connectivity index (χ0n) is 18.6. The third kappa shape index (κ3) is 3.14. The van der Waals surface area contributed by atoms with Crippen molar-refractivity contribution in [2.75, 3.05) is 0 Å². The van der Waals surface area contributed by atoms with Gasteiger partial charge in [0.2, 0.25) is 0 Å². The van der Waals surface area contributed by atoms with E-state index in [0.717, 1.165) is 42.3 Å². The molecule has 2 aliphatic rings. The zero-order chi connectivity index (χ0) is 22.1. The number of hydrogen-bond acceptors (Lipinski definition) is 1. The van der Waals surface area contributed by atoms with E-state index in [2.05, 4.69) is 18.4 Å². The van der Waals surface area contributed by atoms with Crippen molar-refractivity contribution in [3.8, 4) is 5.69 Å². The molecular weight excluding hydrogens is 392 g/mol. The van der Waals surface area contributed by atoms with Crippen molar-refractivity contribution >= 4 is 16.7 Å². The van der Waals surface area contributed by atoms with E-state index < -0.39 is 0 Å². The summed E-state index contributed by atoms with van der Waals surface area (Å²) >= 11 is 0. The monoisotopic (exact) mass is 421 g/mol. The Bertz CT molecular complexity index is 1190. The maximum atomic E-state index is 14.3. The largest absolute Gasteiger partial charge is 0.313 e. The van der Waals surface area contributed by atoms with Gasteiger partial charge < -0.3 is 4.57 Å². The molecule has 2 aliphatic carbocycles. The number of aromatic nitrogens is 1. The molecule has 1 aromatic heterocycles. The first-order valence-electron chi connectivity index (χ1n) is 11.3. The fraction of sp³-hybridized carbons (Fsp3) is 0.444. The van der Waals surface area contributed by atoms with Crippen LogP contribution in [0.1, 0.15) is 75.1 Å². The van der Waals surface area contributed by atoms with Gasteiger partial charge in [0.1, 0.15) is 17.4 Å². The van der Waals surface area contributed by atoms with Crippen molar-refractivity contribution in [3.63, 3.8) is 0 Å². The van der Waals surface area contributed by atoms with Gasteiger partial charge in [-0.15, -0.1) is 0 Å². The van der Waals surface area contributed by atoms with E-state index in [4.69, 9.17) is 0 Å². The summed E-state index contributed by atoms with van der Waals surface area (Å²) in [4.78, 5) is 11.7. The molecule has 0 saturated heterocycles. The molecule has 4 heteroatoms. The topological polar surface area (TPSA) is 22.0 Å². The van der Waals surface area contributed by atoms with Gasteiger partial charge in [-0.25, -0.2) is 8.78 Å². The molecule has 0 radical (unpaired) electrons. The first-order chi connectivity index (χ1) is 14.7. The van der Waals surface area contributed by atoms with Gasteiger partial charge >= 0.3 is 0 Å². The Morgan fingerprint density at radius 1 is 1.06 bits per heavy atom. The third-order valence-corrected chi connectivity index (χ3v) is 7.66. The van der Waals surface area contributed by atoms with Gasteiger partial charge in [-0.05, 0) is 104 Å². The minimum absolute atomic E-state index is 0.233. The molecule has 0 bridgehead atoms. The maximum absolute atomic E-state index is 14.3. The summed E-state index contributed by atoms with van der Waals surface area (Å²) in [6, 6.07) is 10.2. The van der Waals surface area contributed by atoms with Gasteiger partial charge in [-0.2, -0.15) is 0 Å². The van der Waals surface area contributed by atoms with E-state index in [1.54, 1.807) is 32.0 Å². The molecule has 0 aliphatic heterocycles. The second-order valence-electron chi connectivity index (χ2n) is 10.2. The predicted molar refractivity (Wildman–Crippen MR) is 120 cm³/mol. The fourth-order valence-electron chi connectivity index (χ4n) is 6.15. The van der Waals surface area contributed by atoms with Crippen LogP contribution in [0.4, 0.5) is 8.78 Å². The molecule has 31 heavy (non-hydrogen) atoms. The molecule has 0 N–H and O–H groups in total. The quantitative estimate of drug-likeness (QED) is 0.436. The minimum Gasteiger partial charge on any atom is -0.313 e. The van der Waals surface area contributed by atoms with E-state index in [-0.39, 0.29) is 23.5 Å². The van der Waals surface area contributed by atoms with Crippen LogP contribution in [0.15, 0.2) is 36.4 Å². The molecule has 2 fully saturated rings. The van der Waals surface area contributed by atoms with Crippen LogP contribution in [0.5, 0.6) is 0 Å². The van der Waals surface area contributed by atoms with Gasteiger partial charge in [0.25, 0.3) is 0 Å². The molecule has 2 saturated carbocycles. The van der Waals surface area contributed by atoms with Crippen LogP contribution in [-0.4, -0.2) is 10.4 Å². The number of aryl methyl sites for hydroxylation is 1. The van der Waals surface area contributed by atoms with E-state index in [9.17, 15) is 13.6 Å². The zero-order valence-corrected chi connectivity index (χ0v) is 18.6. The number of ketones is 1. The van der Waals surface area contributed by atoms with Crippen molar-refractivity contribution in [1.82, 2.24) is 4.57 Å². The van der Waals surface area contributed by atoms with E-state index >= 15 is 0 Å². The molecule has 3 aromatic rings. The number of fused-ring (bicyclic) bond motifs is 1. The summed E-state index contributed by atoms with van der Waals surface area (Å²) < 4.78 is 30.4. The molecule has 1 spiro atoms. The molecule has 5 rings (SSSR count). The van der Waals surface area contributed by atoms with Crippen molar-refractivity contribution in [1.29, 1.82) is 0 Å². The highest BCUT2D eigenvalue weighted by atomic mass is 19.1. The van der Waals surface area contributed by atoms with Crippen molar-refractivity contribution in [2.45, 2.75) is 65.2 Å². The lowest BCUT2D eigenvalue weighted by Crippen LogP contribution is -2.48. The van der Waals surface area contributed by atoms with Crippen LogP contribution in [0.3, 0.4) is 0 Å². The first kappa shape index (κ1) is 20.4. The normalized spacial score (nSPS) is 25.1. The molecule has 0 amide bonds. The number of nitrogens with zero attached hydrogens (tertiary/aromatic N) is 1. The number of rotatable bonds is 4. The van der Waals surface area contributed by atoms with E-state index in [1.807, 2.05) is 12.1 Å². The summed E-state index contributed by atoms with van der Waals surface area (Å²) in [5, 5.41) is 1.09. The van der Waals surface area contributed by atoms with Crippen molar-refractivity contribution in [3.05, 3.63) is 64.9 Å². The SMILES string of the molecule is CC(=O)C1CC2(C1)CC(c1c(C(C)C)n(-c3ccc(F)c(C)c3)c3cc(F)ccc13)C2. The van der Waals surface area contributed by atoms with Crippen LogP contribution in [-0.2, 0) is 4.79 Å². The molecular formula is C27H29F2NO. The smallest absolute Gasteiger partial charge is 0.132 e. The Kier molecular flexibility index (Phi) is 4.62. The Morgan fingerprint density at radius 2 is 1.77 bits per heavy atom. The Balaban J connectivity index is 1.63. The van der Waals surface area contributed by atoms with Gasteiger partial charge in [-0.3, -0.25) is 4.79 Å². The average Bonchev–Trinajstić information content (AvgIpc) is 2.96. The van der Waals surface area contributed by atoms with Crippen LogP contribution < -0.4 is 0 Å². The Morgan fingerprint density at radius 3 is 2.39 bits per heavy atom. The van der Waals surface area contributed by atoms with Crippen LogP contribution in [0.25, 0.3) is 16.6 Å². The molecule has 0 atom stereocenters. The molecule has 2 nitrogen and oxygen atoms in total. The van der Waals surface area contributed by atoms with Gasteiger partial charge in [0.05, 0.1) is 5.52 Å². The fourth-order valence-corrected chi connectivity index (χ4v) is 6.15. The van der Waals surface area contributed by atoms with E-state index in [0.29, 0.717) is 22.7 Å². The van der Waals surface area contributed by atoms with E-state index in [1.165, 1.54) is 17.3 Å². The number of benzene rings is 2. The lowest BCUT2D eigenvalue weighted by molar-refractivity contribution is -0.133. The summed E-state index contributed by atoms with van der Waals surface area (Å²) in [6.07, 6.45) is 4.21. The number of carbonyl (C=O) groups is 1. The number of Topliss-reactive ketones (excluding diaryl/α,β-unsaturated/α-hetero) is 1. The van der Waals surface area contributed by atoms with Gasteiger partial charge in [0, 0.05) is 22.7 Å². The van der Waals surface area contributed by atoms with Crippen LogP contribution >= 0.6 is 0 Å². The number of hydrogen-bond donors (Lipinski definition) is 0. The highest BCUT2D eigenvalue weighted by Crippen LogP contribution is 2.65. The van der Waals surface area contributed by atoms with Gasteiger partial charge in [0.15, 0.2) is 0 Å². The second kappa shape index (κ2) is 7.01.